The van der Waals surface area contributed by atoms with Gasteiger partial charge < -0.3 is 10.6 Å². The molecular weight excluding hydrogens is 368 g/mol. The zero-order valence-corrected chi connectivity index (χ0v) is 17.0. The maximum atomic E-state index is 5.84. The van der Waals surface area contributed by atoms with Gasteiger partial charge in [0.25, 0.3) is 0 Å². The van der Waals surface area contributed by atoms with Crippen LogP contribution in [0.5, 0.6) is 0 Å². The molecule has 1 saturated heterocycles. The van der Waals surface area contributed by atoms with Gasteiger partial charge >= 0.3 is 0 Å². The molecule has 3 aromatic carbocycles. The number of anilines is 2. The number of nitrogen functional groups attached to an aromatic ring is 1. The molecule has 0 aliphatic carbocycles. The molecule has 1 fully saturated rings. The predicted molar refractivity (Wildman–Crippen MR) is 124 cm³/mol. The number of hydrogen-bond donors (Lipinski definition) is 1. The maximum Gasteiger partial charge on any atom is 0.159 e. The first-order valence-electron chi connectivity index (χ1n) is 10.7. The second-order valence-electron chi connectivity index (χ2n) is 8.11. The Morgan fingerprint density at radius 2 is 1.43 bits per heavy atom. The molecule has 1 aliphatic heterocycles. The molecule has 0 radical (unpaired) electrons. The first-order valence-corrected chi connectivity index (χ1v) is 10.7. The van der Waals surface area contributed by atoms with Crippen LogP contribution >= 0.6 is 0 Å². The fourth-order valence-electron chi connectivity index (χ4n) is 4.49. The number of nitrogens with zero attached hydrogens (tertiary/aromatic N) is 3. The molecule has 0 amide bonds. The number of aromatic nitrogens is 2. The van der Waals surface area contributed by atoms with Crippen molar-refractivity contribution in [2.24, 2.45) is 0 Å². The van der Waals surface area contributed by atoms with Crippen LogP contribution in [0.2, 0.25) is 0 Å². The van der Waals surface area contributed by atoms with Gasteiger partial charge in [0.2, 0.25) is 0 Å². The molecule has 0 unspecified atom stereocenters. The highest BCUT2D eigenvalue weighted by Crippen LogP contribution is 2.33. The predicted octanol–water partition coefficient (Wildman–Crippen LogP) is 5.19. The summed E-state index contributed by atoms with van der Waals surface area (Å²) in [6.45, 7) is 1.98. The molecule has 150 valence electrons. The van der Waals surface area contributed by atoms with E-state index in [-0.39, 0.29) is 0 Å². The molecule has 30 heavy (non-hydrogen) atoms. The van der Waals surface area contributed by atoms with Gasteiger partial charge in [0.15, 0.2) is 5.82 Å². The van der Waals surface area contributed by atoms with Gasteiger partial charge in [-0.2, -0.15) is 5.10 Å². The van der Waals surface area contributed by atoms with Crippen molar-refractivity contribution in [1.29, 1.82) is 0 Å². The Kier molecular flexibility index (Phi) is 5.06. The average molecular weight is 395 g/mol. The minimum Gasteiger partial charge on any atom is -0.399 e. The molecule has 0 bridgehead atoms. The van der Waals surface area contributed by atoms with Gasteiger partial charge in [0, 0.05) is 36.0 Å². The summed E-state index contributed by atoms with van der Waals surface area (Å²) in [5.74, 6) is 1.59. The SMILES string of the molecule is Nc1ccc(C2CCN(c3nnc(Cc4ccccc4)c4ccccc34)CC2)cc1. The van der Waals surface area contributed by atoms with Gasteiger partial charge in [-0.1, -0.05) is 66.7 Å². The summed E-state index contributed by atoms with van der Waals surface area (Å²) in [6, 6.07) is 27.4. The van der Waals surface area contributed by atoms with Crippen LogP contribution in [-0.2, 0) is 6.42 Å². The summed E-state index contributed by atoms with van der Waals surface area (Å²) in [6.07, 6.45) is 3.03. The van der Waals surface area contributed by atoms with E-state index in [9.17, 15) is 0 Å². The maximum absolute atomic E-state index is 5.84. The first kappa shape index (κ1) is 18.6. The topological polar surface area (TPSA) is 55.0 Å². The summed E-state index contributed by atoms with van der Waals surface area (Å²) < 4.78 is 0. The lowest BCUT2D eigenvalue weighted by Crippen LogP contribution is -2.34. The molecule has 2 heterocycles. The number of fused-ring (bicyclic) bond motifs is 1. The van der Waals surface area contributed by atoms with Crippen molar-refractivity contribution in [3.63, 3.8) is 0 Å². The standard InChI is InChI=1S/C26H26N4/c27-22-12-10-20(11-13-22)21-14-16-30(17-15-21)26-24-9-5-4-8-23(24)25(28-29-26)18-19-6-2-1-3-7-19/h1-13,21H,14-18,27H2. The Balaban J connectivity index is 1.39. The summed E-state index contributed by atoms with van der Waals surface area (Å²) in [7, 11) is 0. The third-order valence-corrected chi connectivity index (χ3v) is 6.16. The highest BCUT2D eigenvalue weighted by Gasteiger charge is 2.23. The third kappa shape index (κ3) is 3.73. The third-order valence-electron chi connectivity index (χ3n) is 6.16. The average Bonchev–Trinajstić information content (AvgIpc) is 2.81. The summed E-state index contributed by atoms with van der Waals surface area (Å²) in [4.78, 5) is 2.40. The smallest absolute Gasteiger partial charge is 0.159 e. The molecule has 4 nitrogen and oxygen atoms in total. The van der Waals surface area contributed by atoms with Gasteiger partial charge in [-0.05, 0) is 42.0 Å². The minimum absolute atomic E-state index is 0.582. The van der Waals surface area contributed by atoms with Gasteiger partial charge in [-0.3, -0.25) is 0 Å². The highest BCUT2D eigenvalue weighted by molar-refractivity contribution is 5.93. The molecule has 0 spiro atoms. The molecule has 1 aliphatic rings. The van der Waals surface area contributed by atoms with Gasteiger partial charge in [-0.15, -0.1) is 5.10 Å². The van der Waals surface area contributed by atoms with Gasteiger partial charge in [0.1, 0.15) is 0 Å². The van der Waals surface area contributed by atoms with E-state index >= 15 is 0 Å². The van der Waals surface area contributed by atoms with Crippen LogP contribution in [0.25, 0.3) is 10.8 Å². The minimum atomic E-state index is 0.582. The molecule has 0 saturated carbocycles. The Bertz CT molecular complexity index is 1130. The number of nitrogens with two attached hydrogens (primary N) is 1. The van der Waals surface area contributed by atoms with Crippen LogP contribution < -0.4 is 10.6 Å². The summed E-state index contributed by atoms with van der Waals surface area (Å²) in [5, 5.41) is 11.8. The van der Waals surface area contributed by atoms with Crippen molar-refractivity contribution in [2.45, 2.75) is 25.2 Å². The van der Waals surface area contributed by atoms with Crippen molar-refractivity contribution < 1.29 is 0 Å². The van der Waals surface area contributed by atoms with Crippen molar-refractivity contribution in [3.8, 4) is 0 Å². The zero-order valence-electron chi connectivity index (χ0n) is 17.0. The fourth-order valence-corrected chi connectivity index (χ4v) is 4.49. The van der Waals surface area contributed by atoms with Crippen LogP contribution in [0.3, 0.4) is 0 Å². The number of piperidine rings is 1. The van der Waals surface area contributed by atoms with E-state index in [2.05, 4.69) is 70.7 Å². The summed E-state index contributed by atoms with van der Waals surface area (Å²) in [5.41, 5.74) is 10.4. The van der Waals surface area contributed by atoms with E-state index in [1.807, 2.05) is 18.2 Å². The van der Waals surface area contributed by atoms with E-state index in [4.69, 9.17) is 10.8 Å². The van der Waals surface area contributed by atoms with Gasteiger partial charge in [0.05, 0.1) is 5.69 Å². The first-order chi connectivity index (χ1) is 14.8. The number of rotatable bonds is 4. The van der Waals surface area contributed by atoms with E-state index < -0.39 is 0 Å². The van der Waals surface area contributed by atoms with Crippen molar-refractivity contribution >= 4 is 22.3 Å². The van der Waals surface area contributed by atoms with Crippen LogP contribution in [-0.4, -0.2) is 23.3 Å². The molecular formula is C26H26N4. The second kappa shape index (κ2) is 8.15. The highest BCUT2D eigenvalue weighted by atomic mass is 15.3. The Morgan fingerprint density at radius 3 is 2.17 bits per heavy atom. The van der Waals surface area contributed by atoms with Crippen molar-refractivity contribution in [3.05, 3.63) is 95.7 Å². The van der Waals surface area contributed by atoms with Crippen molar-refractivity contribution in [1.82, 2.24) is 10.2 Å². The molecule has 4 heteroatoms. The van der Waals surface area contributed by atoms with E-state index in [1.54, 1.807) is 0 Å². The van der Waals surface area contributed by atoms with Crippen LogP contribution in [0, 0.1) is 0 Å². The lowest BCUT2D eigenvalue weighted by atomic mass is 9.89. The largest absolute Gasteiger partial charge is 0.399 e. The lowest BCUT2D eigenvalue weighted by Gasteiger charge is -2.33. The lowest BCUT2D eigenvalue weighted by molar-refractivity contribution is 0.502. The van der Waals surface area contributed by atoms with Crippen LogP contribution in [0.4, 0.5) is 11.5 Å². The Morgan fingerprint density at radius 1 is 0.767 bits per heavy atom. The second-order valence-corrected chi connectivity index (χ2v) is 8.11. The molecule has 5 rings (SSSR count). The zero-order chi connectivity index (χ0) is 20.3. The van der Waals surface area contributed by atoms with E-state index in [1.165, 1.54) is 21.9 Å². The quantitative estimate of drug-likeness (QED) is 0.484. The Labute approximate surface area is 177 Å². The fraction of sp³-hybridized carbons (Fsp3) is 0.231. The monoisotopic (exact) mass is 394 g/mol. The summed E-state index contributed by atoms with van der Waals surface area (Å²) >= 11 is 0. The number of benzene rings is 3. The van der Waals surface area contributed by atoms with Gasteiger partial charge in [-0.25, -0.2) is 0 Å². The Hall–Kier alpha value is -3.40. The normalized spacial score (nSPS) is 14.9. The van der Waals surface area contributed by atoms with Crippen molar-refractivity contribution in [2.75, 3.05) is 23.7 Å². The molecule has 0 atom stereocenters. The number of hydrogen-bond acceptors (Lipinski definition) is 4. The van der Waals surface area contributed by atoms with E-state index in [0.717, 1.165) is 49.6 Å². The molecule has 4 aromatic rings. The van der Waals surface area contributed by atoms with Crippen LogP contribution in [0.1, 0.15) is 35.6 Å². The van der Waals surface area contributed by atoms with Crippen LogP contribution in [0.15, 0.2) is 78.9 Å². The molecule has 1 aromatic heterocycles. The molecule has 2 N–H and O–H groups in total. The van der Waals surface area contributed by atoms with E-state index in [0.29, 0.717) is 5.92 Å².